The first-order chi connectivity index (χ1) is 9.29. The summed E-state index contributed by atoms with van der Waals surface area (Å²) in [6.45, 7) is 6.83. The number of hydrogen-bond acceptors (Lipinski definition) is 4. The molecule has 19 heavy (non-hydrogen) atoms. The Balaban J connectivity index is 1.84. The molecule has 0 saturated carbocycles. The van der Waals surface area contributed by atoms with Gasteiger partial charge in [0.1, 0.15) is 12.4 Å². The predicted molar refractivity (Wildman–Crippen MR) is 76.4 cm³/mol. The zero-order chi connectivity index (χ0) is 13.5. The van der Waals surface area contributed by atoms with Crippen molar-refractivity contribution in [3.8, 4) is 5.75 Å². The van der Waals surface area contributed by atoms with E-state index in [1.54, 1.807) is 0 Å². The fourth-order valence-corrected chi connectivity index (χ4v) is 2.34. The molecule has 1 heterocycles. The average Bonchev–Trinajstić information content (AvgIpc) is 2.60. The van der Waals surface area contributed by atoms with Gasteiger partial charge in [-0.25, -0.2) is 0 Å². The first kappa shape index (κ1) is 14.3. The van der Waals surface area contributed by atoms with Crippen LogP contribution in [0.25, 0.3) is 0 Å². The third kappa shape index (κ3) is 4.49. The molecule has 0 fully saturated rings. The summed E-state index contributed by atoms with van der Waals surface area (Å²) in [5.41, 5.74) is 1.20. The van der Waals surface area contributed by atoms with Crippen molar-refractivity contribution in [3.05, 3.63) is 29.8 Å². The molecule has 0 radical (unpaired) electrons. The van der Waals surface area contributed by atoms with Crippen LogP contribution in [0.4, 0.5) is 0 Å². The van der Waals surface area contributed by atoms with Crippen LogP contribution in [-0.2, 0) is 6.54 Å². The number of aliphatic hydroxyl groups is 1. The van der Waals surface area contributed by atoms with E-state index in [1.165, 1.54) is 5.56 Å². The first-order valence-corrected chi connectivity index (χ1v) is 7.11. The molecule has 1 atom stereocenters. The molecular weight excluding hydrogens is 240 g/mol. The minimum Gasteiger partial charge on any atom is -0.492 e. The molecule has 1 aliphatic heterocycles. The normalized spacial score (nSPS) is 17.4. The van der Waals surface area contributed by atoms with Gasteiger partial charge in [-0.1, -0.05) is 25.1 Å². The maximum atomic E-state index is 10.0. The number of para-hydroxylation sites is 1. The standard InChI is InChI=1S/C15H24N2O2/c1-2-7-16-10-14(18)12-17-8-9-19-15-6-4-3-5-13(15)11-17/h3-6,14,16,18H,2,7-12H2,1H3. The topological polar surface area (TPSA) is 44.7 Å². The summed E-state index contributed by atoms with van der Waals surface area (Å²) in [5, 5.41) is 13.3. The summed E-state index contributed by atoms with van der Waals surface area (Å²) in [4.78, 5) is 2.25. The van der Waals surface area contributed by atoms with Gasteiger partial charge in [-0.2, -0.15) is 0 Å². The second-order valence-electron chi connectivity index (χ2n) is 5.05. The van der Waals surface area contributed by atoms with E-state index in [1.807, 2.05) is 18.2 Å². The van der Waals surface area contributed by atoms with E-state index in [9.17, 15) is 5.11 Å². The Morgan fingerprint density at radius 1 is 1.42 bits per heavy atom. The van der Waals surface area contributed by atoms with Crippen LogP contribution in [0.3, 0.4) is 0 Å². The van der Waals surface area contributed by atoms with Gasteiger partial charge in [0.15, 0.2) is 0 Å². The number of nitrogens with zero attached hydrogens (tertiary/aromatic N) is 1. The van der Waals surface area contributed by atoms with Crippen molar-refractivity contribution in [3.63, 3.8) is 0 Å². The smallest absolute Gasteiger partial charge is 0.123 e. The van der Waals surface area contributed by atoms with Crippen LogP contribution in [0.2, 0.25) is 0 Å². The van der Waals surface area contributed by atoms with Crippen LogP contribution < -0.4 is 10.1 Å². The number of nitrogens with one attached hydrogen (secondary N) is 1. The molecular formula is C15H24N2O2. The second kappa shape index (κ2) is 7.48. The van der Waals surface area contributed by atoms with Crippen LogP contribution >= 0.6 is 0 Å². The molecule has 0 aliphatic carbocycles. The second-order valence-corrected chi connectivity index (χ2v) is 5.05. The fourth-order valence-electron chi connectivity index (χ4n) is 2.34. The lowest BCUT2D eigenvalue weighted by molar-refractivity contribution is 0.104. The highest BCUT2D eigenvalue weighted by molar-refractivity contribution is 5.33. The summed E-state index contributed by atoms with van der Waals surface area (Å²) in [7, 11) is 0. The predicted octanol–water partition coefficient (Wildman–Crippen LogP) is 1.24. The van der Waals surface area contributed by atoms with Crippen molar-refractivity contribution in [2.75, 3.05) is 32.8 Å². The maximum Gasteiger partial charge on any atom is 0.123 e. The van der Waals surface area contributed by atoms with Crippen LogP contribution in [0.15, 0.2) is 24.3 Å². The monoisotopic (exact) mass is 264 g/mol. The van der Waals surface area contributed by atoms with Gasteiger partial charge in [0, 0.05) is 31.7 Å². The zero-order valence-electron chi connectivity index (χ0n) is 11.6. The highest BCUT2D eigenvalue weighted by Crippen LogP contribution is 2.22. The Kier molecular flexibility index (Phi) is 5.63. The van der Waals surface area contributed by atoms with Crippen LogP contribution in [0, 0.1) is 0 Å². The summed E-state index contributed by atoms with van der Waals surface area (Å²) < 4.78 is 5.72. The summed E-state index contributed by atoms with van der Waals surface area (Å²) in [6, 6.07) is 8.14. The van der Waals surface area contributed by atoms with Gasteiger partial charge in [-0.05, 0) is 19.0 Å². The Bertz CT molecular complexity index is 384. The van der Waals surface area contributed by atoms with Gasteiger partial charge < -0.3 is 15.2 Å². The molecule has 0 spiro atoms. The lowest BCUT2D eigenvalue weighted by Gasteiger charge is -2.23. The highest BCUT2D eigenvalue weighted by atomic mass is 16.5. The van der Waals surface area contributed by atoms with Gasteiger partial charge in [-0.15, -0.1) is 0 Å². The number of fused-ring (bicyclic) bond motifs is 1. The lowest BCUT2D eigenvalue weighted by Crippen LogP contribution is -2.39. The first-order valence-electron chi connectivity index (χ1n) is 7.11. The van der Waals surface area contributed by atoms with Gasteiger partial charge in [0.25, 0.3) is 0 Å². The lowest BCUT2D eigenvalue weighted by atomic mass is 10.2. The minimum absolute atomic E-state index is 0.322. The molecule has 1 aromatic carbocycles. The number of hydrogen-bond donors (Lipinski definition) is 2. The maximum absolute atomic E-state index is 10.0. The molecule has 0 aromatic heterocycles. The van der Waals surface area contributed by atoms with Gasteiger partial charge in [-0.3, -0.25) is 4.90 Å². The van der Waals surface area contributed by atoms with E-state index < -0.39 is 0 Å². The van der Waals surface area contributed by atoms with Crippen molar-refractivity contribution >= 4 is 0 Å². The molecule has 1 aromatic rings. The molecule has 2 rings (SSSR count). The van der Waals surface area contributed by atoms with Crippen molar-refractivity contribution in [1.29, 1.82) is 0 Å². The quantitative estimate of drug-likeness (QED) is 0.759. The highest BCUT2D eigenvalue weighted by Gasteiger charge is 2.17. The molecule has 106 valence electrons. The van der Waals surface area contributed by atoms with E-state index in [4.69, 9.17) is 4.74 Å². The number of ether oxygens (including phenoxy) is 1. The van der Waals surface area contributed by atoms with E-state index in [-0.39, 0.29) is 6.10 Å². The number of rotatable bonds is 6. The number of β-amino-alcohol motifs (C(OH)–C–C–N with tert-alkyl or cyclic N) is 1. The molecule has 4 nitrogen and oxygen atoms in total. The SMILES string of the molecule is CCCNCC(O)CN1CCOc2ccccc2C1. The van der Waals surface area contributed by atoms with Crippen molar-refractivity contribution in [2.45, 2.75) is 26.0 Å². The van der Waals surface area contributed by atoms with Gasteiger partial charge >= 0.3 is 0 Å². The average molecular weight is 264 g/mol. The summed E-state index contributed by atoms with van der Waals surface area (Å²) in [6.07, 6.45) is 0.772. The largest absolute Gasteiger partial charge is 0.492 e. The molecule has 4 heteroatoms. The molecule has 2 N–H and O–H groups in total. The summed E-state index contributed by atoms with van der Waals surface area (Å²) in [5.74, 6) is 0.976. The molecule has 0 bridgehead atoms. The van der Waals surface area contributed by atoms with E-state index in [2.05, 4.69) is 23.2 Å². The third-order valence-electron chi connectivity index (χ3n) is 3.31. The van der Waals surface area contributed by atoms with E-state index in [0.717, 1.165) is 31.8 Å². The van der Waals surface area contributed by atoms with E-state index in [0.29, 0.717) is 19.7 Å². The van der Waals surface area contributed by atoms with Gasteiger partial charge in [0.05, 0.1) is 6.10 Å². The molecule has 1 aliphatic rings. The number of aliphatic hydroxyl groups excluding tert-OH is 1. The Morgan fingerprint density at radius 2 is 2.26 bits per heavy atom. The van der Waals surface area contributed by atoms with Crippen molar-refractivity contribution < 1.29 is 9.84 Å². The summed E-state index contributed by atoms with van der Waals surface area (Å²) >= 11 is 0. The van der Waals surface area contributed by atoms with Crippen LogP contribution in [-0.4, -0.2) is 48.9 Å². The van der Waals surface area contributed by atoms with E-state index >= 15 is 0 Å². The van der Waals surface area contributed by atoms with Gasteiger partial charge in [0.2, 0.25) is 0 Å². The minimum atomic E-state index is -0.322. The van der Waals surface area contributed by atoms with Crippen LogP contribution in [0.1, 0.15) is 18.9 Å². The van der Waals surface area contributed by atoms with Crippen molar-refractivity contribution in [2.24, 2.45) is 0 Å². The zero-order valence-corrected chi connectivity index (χ0v) is 11.6. The molecule has 0 saturated heterocycles. The third-order valence-corrected chi connectivity index (χ3v) is 3.31. The molecule has 0 amide bonds. The number of benzene rings is 1. The fraction of sp³-hybridized carbons (Fsp3) is 0.600. The Morgan fingerprint density at radius 3 is 3.11 bits per heavy atom. The Labute approximate surface area is 115 Å². The Hall–Kier alpha value is -1.10. The van der Waals surface area contributed by atoms with Crippen molar-refractivity contribution in [1.82, 2.24) is 10.2 Å². The van der Waals surface area contributed by atoms with Crippen LogP contribution in [0.5, 0.6) is 5.75 Å². The molecule has 1 unspecified atom stereocenters.